The molecule has 0 saturated heterocycles. The Morgan fingerprint density at radius 1 is 1.00 bits per heavy atom. The van der Waals surface area contributed by atoms with Gasteiger partial charge in [-0.25, -0.2) is 0 Å². The van der Waals surface area contributed by atoms with E-state index in [0.717, 1.165) is 5.56 Å². The lowest BCUT2D eigenvalue weighted by Gasteiger charge is -2.12. The fourth-order valence-corrected chi connectivity index (χ4v) is 2.80. The van der Waals surface area contributed by atoms with Crippen molar-refractivity contribution in [3.63, 3.8) is 0 Å². The van der Waals surface area contributed by atoms with E-state index in [1.165, 1.54) is 7.11 Å². The van der Waals surface area contributed by atoms with Crippen molar-refractivity contribution < 1.29 is 28.6 Å². The van der Waals surface area contributed by atoms with Crippen molar-refractivity contribution in [3.8, 4) is 11.5 Å². The molecule has 2 aromatic carbocycles. The number of anilines is 1. The third-order valence-electron chi connectivity index (χ3n) is 4.19. The van der Waals surface area contributed by atoms with Crippen LogP contribution in [-0.2, 0) is 20.7 Å². The molecule has 2 amide bonds. The van der Waals surface area contributed by atoms with Gasteiger partial charge in [0.1, 0.15) is 0 Å². The highest BCUT2D eigenvalue weighted by atomic mass is 16.5. The highest BCUT2D eigenvalue weighted by molar-refractivity contribution is 5.97. The average molecular weight is 414 g/mol. The lowest BCUT2D eigenvalue weighted by molar-refractivity contribution is -0.147. The zero-order valence-electron chi connectivity index (χ0n) is 17.3. The van der Waals surface area contributed by atoms with E-state index in [0.29, 0.717) is 35.7 Å². The molecule has 2 N–H and O–H groups in total. The predicted molar refractivity (Wildman–Crippen MR) is 112 cm³/mol. The van der Waals surface area contributed by atoms with Crippen LogP contribution in [0.3, 0.4) is 0 Å². The van der Waals surface area contributed by atoms with Crippen LogP contribution in [0.25, 0.3) is 0 Å². The molecular weight excluding hydrogens is 388 g/mol. The standard InChI is InChI=1S/C22H26N2O6/c1-4-23-22(27)16-8-5-9-17(13-16)24-19(25)14-30-20(26)12-11-15-7-6-10-18(28-2)21(15)29-3/h5-10,13H,4,11-12,14H2,1-3H3,(H,23,27)(H,24,25). The number of rotatable bonds is 10. The first-order valence-corrected chi connectivity index (χ1v) is 9.52. The Bertz CT molecular complexity index is 897. The lowest BCUT2D eigenvalue weighted by Crippen LogP contribution is -2.23. The number of esters is 1. The summed E-state index contributed by atoms with van der Waals surface area (Å²) in [5.41, 5.74) is 1.68. The van der Waals surface area contributed by atoms with Gasteiger partial charge in [-0.05, 0) is 43.2 Å². The molecule has 0 aliphatic carbocycles. The molecule has 0 bridgehead atoms. The zero-order chi connectivity index (χ0) is 21.9. The maximum Gasteiger partial charge on any atom is 0.306 e. The van der Waals surface area contributed by atoms with Crippen molar-refractivity contribution in [3.05, 3.63) is 53.6 Å². The summed E-state index contributed by atoms with van der Waals surface area (Å²) in [6.07, 6.45) is 0.471. The Balaban J connectivity index is 1.83. The van der Waals surface area contributed by atoms with E-state index in [1.807, 2.05) is 19.1 Å². The molecule has 0 fully saturated rings. The third-order valence-corrected chi connectivity index (χ3v) is 4.19. The molecule has 0 atom stereocenters. The summed E-state index contributed by atoms with van der Waals surface area (Å²) in [7, 11) is 3.07. The molecule has 0 spiro atoms. The highest BCUT2D eigenvalue weighted by Crippen LogP contribution is 2.31. The number of carbonyl (C=O) groups is 3. The molecule has 8 heteroatoms. The first-order chi connectivity index (χ1) is 14.5. The van der Waals surface area contributed by atoms with Gasteiger partial charge < -0.3 is 24.8 Å². The minimum absolute atomic E-state index is 0.0868. The van der Waals surface area contributed by atoms with Crippen molar-refractivity contribution in [1.82, 2.24) is 5.32 Å². The van der Waals surface area contributed by atoms with Gasteiger partial charge in [-0.2, -0.15) is 0 Å². The summed E-state index contributed by atoms with van der Waals surface area (Å²) >= 11 is 0. The Labute approximate surface area is 175 Å². The molecular formula is C22H26N2O6. The summed E-state index contributed by atoms with van der Waals surface area (Å²) in [5.74, 6) is -0.0791. The van der Waals surface area contributed by atoms with Crippen LogP contribution < -0.4 is 20.1 Å². The molecule has 30 heavy (non-hydrogen) atoms. The summed E-state index contributed by atoms with van der Waals surface area (Å²) < 4.78 is 15.6. The SMILES string of the molecule is CCNC(=O)c1cccc(NC(=O)COC(=O)CCc2cccc(OC)c2OC)c1. The molecule has 0 aliphatic rings. The van der Waals surface area contributed by atoms with E-state index in [9.17, 15) is 14.4 Å². The minimum Gasteiger partial charge on any atom is -0.493 e. The van der Waals surface area contributed by atoms with Crippen molar-refractivity contribution in [2.45, 2.75) is 19.8 Å². The molecule has 0 aliphatic heterocycles. The van der Waals surface area contributed by atoms with Crippen LogP contribution in [0.1, 0.15) is 29.3 Å². The second kappa shape index (κ2) is 11.5. The fourth-order valence-electron chi connectivity index (χ4n) is 2.80. The number of nitrogens with one attached hydrogen (secondary N) is 2. The number of para-hydroxylation sites is 1. The number of amides is 2. The van der Waals surface area contributed by atoms with Crippen LogP contribution in [-0.4, -0.2) is 45.2 Å². The van der Waals surface area contributed by atoms with Gasteiger partial charge in [0.05, 0.1) is 14.2 Å². The zero-order valence-corrected chi connectivity index (χ0v) is 17.3. The number of hydrogen-bond acceptors (Lipinski definition) is 6. The monoisotopic (exact) mass is 414 g/mol. The number of carbonyl (C=O) groups excluding carboxylic acids is 3. The quantitative estimate of drug-likeness (QED) is 0.579. The Hall–Kier alpha value is -3.55. The normalized spacial score (nSPS) is 10.1. The summed E-state index contributed by atoms with van der Waals surface area (Å²) in [6.45, 7) is 1.91. The van der Waals surface area contributed by atoms with Crippen molar-refractivity contribution in [1.29, 1.82) is 0 Å². The summed E-state index contributed by atoms with van der Waals surface area (Å²) in [4.78, 5) is 35.9. The van der Waals surface area contributed by atoms with Crippen LogP contribution in [0.2, 0.25) is 0 Å². The molecule has 2 aromatic rings. The van der Waals surface area contributed by atoms with Crippen LogP contribution in [0, 0.1) is 0 Å². The van der Waals surface area contributed by atoms with E-state index in [-0.39, 0.29) is 12.3 Å². The van der Waals surface area contributed by atoms with Crippen molar-refractivity contribution in [2.24, 2.45) is 0 Å². The van der Waals surface area contributed by atoms with Gasteiger partial charge >= 0.3 is 5.97 Å². The Morgan fingerprint density at radius 3 is 2.47 bits per heavy atom. The Morgan fingerprint density at radius 2 is 1.77 bits per heavy atom. The fraction of sp³-hybridized carbons (Fsp3) is 0.318. The van der Waals surface area contributed by atoms with Crippen LogP contribution in [0.15, 0.2) is 42.5 Å². The number of ether oxygens (including phenoxy) is 3. The maximum absolute atomic E-state index is 12.1. The van der Waals surface area contributed by atoms with Gasteiger partial charge in [-0.15, -0.1) is 0 Å². The van der Waals surface area contributed by atoms with Gasteiger partial charge in [0.2, 0.25) is 0 Å². The van der Waals surface area contributed by atoms with E-state index < -0.39 is 18.5 Å². The maximum atomic E-state index is 12.1. The van der Waals surface area contributed by atoms with E-state index in [2.05, 4.69) is 10.6 Å². The second-order valence-electron chi connectivity index (χ2n) is 6.30. The predicted octanol–water partition coefficient (Wildman–Crippen LogP) is 2.57. The summed E-state index contributed by atoms with van der Waals surface area (Å²) in [5, 5.41) is 5.30. The van der Waals surface area contributed by atoms with E-state index in [4.69, 9.17) is 14.2 Å². The van der Waals surface area contributed by atoms with Crippen LogP contribution >= 0.6 is 0 Å². The van der Waals surface area contributed by atoms with Crippen molar-refractivity contribution >= 4 is 23.5 Å². The number of hydrogen-bond donors (Lipinski definition) is 2. The summed E-state index contributed by atoms with van der Waals surface area (Å²) in [6, 6.07) is 11.9. The molecule has 8 nitrogen and oxygen atoms in total. The largest absolute Gasteiger partial charge is 0.493 e. The number of methoxy groups -OCH3 is 2. The minimum atomic E-state index is -0.508. The molecule has 0 saturated carbocycles. The first-order valence-electron chi connectivity index (χ1n) is 9.52. The smallest absolute Gasteiger partial charge is 0.306 e. The molecule has 0 unspecified atom stereocenters. The molecule has 0 heterocycles. The lowest BCUT2D eigenvalue weighted by atomic mass is 10.1. The Kier molecular flexibility index (Phi) is 8.68. The van der Waals surface area contributed by atoms with E-state index >= 15 is 0 Å². The van der Waals surface area contributed by atoms with Gasteiger partial charge in [-0.1, -0.05) is 18.2 Å². The van der Waals surface area contributed by atoms with Gasteiger partial charge in [-0.3, -0.25) is 14.4 Å². The topological polar surface area (TPSA) is 103 Å². The van der Waals surface area contributed by atoms with Gasteiger partial charge in [0.15, 0.2) is 18.1 Å². The van der Waals surface area contributed by atoms with E-state index in [1.54, 1.807) is 37.4 Å². The number of aryl methyl sites for hydroxylation is 1. The first kappa shape index (κ1) is 22.7. The van der Waals surface area contributed by atoms with Gasteiger partial charge in [0, 0.05) is 24.2 Å². The van der Waals surface area contributed by atoms with Gasteiger partial charge in [0.25, 0.3) is 11.8 Å². The second-order valence-corrected chi connectivity index (χ2v) is 6.30. The average Bonchev–Trinajstić information content (AvgIpc) is 2.76. The third kappa shape index (κ3) is 6.51. The van der Waals surface area contributed by atoms with Crippen molar-refractivity contribution in [2.75, 3.05) is 32.7 Å². The van der Waals surface area contributed by atoms with Crippen LogP contribution in [0.5, 0.6) is 11.5 Å². The molecule has 2 rings (SSSR count). The molecule has 160 valence electrons. The van der Waals surface area contributed by atoms with Crippen LogP contribution in [0.4, 0.5) is 5.69 Å². The number of benzene rings is 2. The highest BCUT2D eigenvalue weighted by Gasteiger charge is 2.13. The molecule has 0 radical (unpaired) electrons. The molecule has 0 aromatic heterocycles.